The average Bonchev–Trinajstić information content (AvgIpc) is 1.82. The van der Waals surface area contributed by atoms with Crippen LogP contribution in [0.25, 0.3) is 0 Å². The highest BCUT2D eigenvalue weighted by Crippen LogP contribution is 2.19. The molecule has 66 valence electrons. The lowest BCUT2D eigenvalue weighted by molar-refractivity contribution is 0.541. The second kappa shape index (κ2) is 3.15. The van der Waals surface area contributed by atoms with Crippen LogP contribution in [0.15, 0.2) is 0 Å². The van der Waals surface area contributed by atoms with E-state index in [2.05, 4.69) is 15.0 Å². The number of hydrogen-bond donors (Lipinski definition) is 0. The predicted molar refractivity (Wildman–Crippen MR) is 48.5 cm³/mol. The maximum absolute atomic E-state index is 5.61. The van der Waals surface area contributed by atoms with Crippen molar-refractivity contribution in [3.63, 3.8) is 0 Å². The third-order valence-corrected chi connectivity index (χ3v) is 1.59. The van der Waals surface area contributed by atoms with E-state index >= 15 is 0 Å². The minimum Gasteiger partial charge on any atom is -0.202 e. The van der Waals surface area contributed by atoms with Crippen molar-refractivity contribution >= 4 is 23.2 Å². The second-order valence-corrected chi connectivity index (χ2v) is 4.12. The molecule has 0 aromatic carbocycles. The Morgan fingerprint density at radius 1 is 0.917 bits per heavy atom. The van der Waals surface area contributed by atoms with Gasteiger partial charge in [-0.25, -0.2) is 9.97 Å². The van der Waals surface area contributed by atoms with Crippen LogP contribution in [0.1, 0.15) is 26.6 Å². The van der Waals surface area contributed by atoms with Crippen LogP contribution in [-0.4, -0.2) is 15.0 Å². The van der Waals surface area contributed by atoms with Crippen molar-refractivity contribution in [2.45, 2.75) is 26.2 Å². The molecule has 0 radical (unpaired) electrons. The first-order valence-corrected chi connectivity index (χ1v) is 4.23. The fourth-order valence-corrected chi connectivity index (χ4v) is 1.02. The molecule has 12 heavy (non-hydrogen) atoms. The monoisotopic (exact) mass is 205 g/mol. The first-order chi connectivity index (χ1) is 5.39. The maximum atomic E-state index is 5.61. The number of nitrogens with zero attached hydrogens (tertiary/aromatic N) is 3. The molecule has 0 bridgehead atoms. The van der Waals surface area contributed by atoms with E-state index < -0.39 is 0 Å². The molecule has 1 aromatic rings. The van der Waals surface area contributed by atoms with Gasteiger partial charge >= 0.3 is 0 Å². The first-order valence-electron chi connectivity index (χ1n) is 3.47. The van der Waals surface area contributed by atoms with E-state index in [9.17, 15) is 0 Å². The maximum Gasteiger partial charge on any atom is 0.226 e. The number of rotatable bonds is 0. The van der Waals surface area contributed by atoms with Crippen LogP contribution in [-0.2, 0) is 5.41 Å². The van der Waals surface area contributed by atoms with Crippen molar-refractivity contribution in [2.24, 2.45) is 0 Å². The van der Waals surface area contributed by atoms with Gasteiger partial charge in [-0.3, -0.25) is 0 Å². The number of halogens is 2. The Kier molecular flexibility index (Phi) is 2.54. The lowest BCUT2D eigenvalue weighted by Crippen LogP contribution is -2.16. The lowest BCUT2D eigenvalue weighted by Gasteiger charge is -2.15. The molecule has 0 spiro atoms. The van der Waals surface area contributed by atoms with Crippen molar-refractivity contribution < 1.29 is 0 Å². The molecule has 0 aliphatic rings. The highest BCUT2D eigenvalue weighted by Gasteiger charge is 2.18. The van der Waals surface area contributed by atoms with Crippen LogP contribution < -0.4 is 0 Å². The SMILES string of the molecule is CC(C)(C)c1nc(Cl)nc(Cl)n1. The van der Waals surface area contributed by atoms with Crippen LogP contribution in [0.2, 0.25) is 10.6 Å². The summed E-state index contributed by atoms with van der Waals surface area (Å²) in [5.74, 6) is 0.604. The molecule has 0 aliphatic heterocycles. The molecule has 0 saturated heterocycles. The summed E-state index contributed by atoms with van der Waals surface area (Å²) in [7, 11) is 0. The summed E-state index contributed by atoms with van der Waals surface area (Å²) in [6, 6.07) is 0. The molecule has 1 rings (SSSR count). The molecule has 0 unspecified atom stereocenters. The molecule has 0 saturated carbocycles. The van der Waals surface area contributed by atoms with E-state index in [1.165, 1.54) is 0 Å². The molecular weight excluding hydrogens is 197 g/mol. The van der Waals surface area contributed by atoms with Crippen LogP contribution in [0.5, 0.6) is 0 Å². The Bertz CT molecular complexity index is 273. The van der Waals surface area contributed by atoms with Crippen LogP contribution in [0.4, 0.5) is 0 Å². The predicted octanol–water partition coefficient (Wildman–Crippen LogP) is 2.48. The Labute approximate surface area is 81.2 Å². The molecular formula is C7H9Cl2N3. The Hall–Kier alpha value is -0.410. The first kappa shape index (κ1) is 9.68. The van der Waals surface area contributed by atoms with Crippen LogP contribution in [0, 0.1) is 0 Å². The van der Waals surface area contributed by atoms with E-state index in [-0.39, 0.29) is 16.0 Å². The van der Waals surface area contributed by atoms with Gasteiger partial charge in [0.05, 0.1) is 0 Å². The highest BCUT2D eigenvalue weighted by molar-refractivity contribution is 6.31. The second-order valence-electron chi connectivity index (χ2n) is 3.45. The normalized spacial score (nSPS) is 11.8. The molecule has 0 N–H and O–H groups in total. The van der Waals surface area contributed by atoms with E-state index in [1.807, 2.05) is 20.8 Å². The van der Waals surface area contributed by atoms with Gasteiger partial charge in [-0.05, 0) is 23.2 Å². The fraction of sp³-hybridized carbons (Fsp3) is 0.571. The van der Waals surface area contributed by atoms with Crippen LogP contribution >= 0.6 is 23.2 Å². The van der Waals surface area contributed by atoms with E-state index in [1.54, 1.807) is 0 Å². The van der Waals surface area contributed by atoms with E-state index in [4.69, 9.17) is 23.2 Å². The van der Waals surface area contributed by atoms with Gasteiger partial charge in [-0.1, -0.05) is 20.8 Å². The zero-order valence-electron chi connectivity index (χ0n) is 7.10. The molecule has 3 nitrogen and oxygen atoms in total. The Morgan fingerprint density at radius 3 is 1.67 bits per heavy atom. The summed E-state index contributed by atoms with van der Waals surface area (Å²) in [6.45, 7) is 5.94. The largest absolute Gasteiger partial charge is 0.226 e. The standard InChI is InChI=1S/C7H9Cl2N3/c1-7(2,3)4-10-5(8)12-6(9)11-4/h1-3H3. The van der Waals surface area contributed by atoms with Crippen LogP contribution in [0.3, 0.4) is 0 Å². The molecule has 0 fully saturated rings. The van der Waals surface area contributed by atoms with Gasteiger partial charge in [0, 0.05) is 5.41 Å². The summed E-state index contributed by atoms with van der Waals surface area (Å²) in [6.07, 6.45) is 0. The third-order valence-electron chi connectivity index (χ3n) is 1.25. The number of hydrogen-bond acceptors (Lipinski definition) is 3. The van der Waals surface area contributed by atoms with Gasteiger partial charge in [0.1, 0.15) is 5.82 Å². The fourth-order valence-electron chi connectivity index (χ4n) is 0.661. The van der Waals surface area contributed by atoms with Gasteiger partial charge in [0.15, 0.2) is 0 Å². The summed E-state index contributed by atoms with van der Waals surface area (Å²) >= 11 is 11.2. The van der Waals surface area contributed by atoms with Crippen molar-refractivity contribution in [2.75, 3.05) is 0 Å². The Morgan fingerprint density at radius 2 is 1.33 bits per heavy atom. The van der Waals surface area contributed by atoms with Gasteiger partial charge in [0.25, 0.3) is 0 Å². The molecule has 5 heteroatoms. The van der Waals surface area contributed by atoms with Gasteiger partial charge < -0.3 is 0 Å². The molecule has 0 aliphatic carbocycles. The summed E-state index contributed by atoms with van der Waals surface area (Å²) in [4.78, 5) is 11.6. The quantitative estimate of drug-likeness (QED) is 0.654. The zero-order chi connectivity index (χ0) is 9.35. The average molecular weight is 206 g/mol. The van der Waals surface area contributed by atoms with Crippen molar-refractivity contribution in [1.29, 1.82) is 0 Å². The van der Waals surface area contributed by atoms with E-state index in [0.29, 0.717) is 5.82 Å². The zero-order valence-corrected chi connectivity index (χ0v) is 8.61. The third kappa shape index (κ3) is 2.29. The van der Waals surface area contributed by atoms with Crippen molar-refractivity contribution in [1.82, 2.24) is 15.0 Å². The van der Waals surface area contributed by atoms with Gasteiger partial charge in [-0.15, -0.1) is 0 Å². The van der Waals surface area contributed by atoms with Gasteiger partial charge in [-0.2, -0.15) is 4.98 Å². The lowest BCUT2D eigenvalue weighted by atomic mass is 9.96. The van der Waals surface area contributed by atoms with Crippen molar-refractivity contribution in [3.8, 4) is 0 Å². The highest BCUT2D eigenvalue weighted by atomic mass is 35.5. The molecule has 0 atom stereocenters. The topological polar surface area (TPSA) is 38.7 Å². The molecule has 1 heterocycles. The Balaban J connectivity index is 3.18. The summed E-state index contributed by atoms with van der Waals surface area (Å²) in [5, 5.41) is 0.278. The minimum absolute atomic E-state index is 0.139. The van der Waals surface area contributed by atoms with Crippen molar-refractivity contribution in [3.05, 3.63) is 16.4 Å². The molecule has 0 amide bonds. The van der Waals surface area contributed by atoms with E-state index in [0.717, 1.165) is 0 Å². The van der Waals surface area contributed by atoms with Gasteiger partial charge in [0.2, 0.25) is 10.6 Å². The smallest absolute Gasteiger partial charge is 0.202 e. The molecule has 1 aromatic heterocycles. The summed E-state index contributed by atoms with van der Waals surface area (Å²) < 4.78 is 0. The number of aromatic nitrogens is 3. The minimum atomic E-state index is -0.157. The summed E-state index contributed by atoms with van der Waals surface area (Å²) in [5.41, 5.74) is -0.157.